The lowest BCUT2D eigenvalue weighted by atomic mass is 10.0. The Morgan fingerprint density at radius 2 is 1.83 bits per heavy atom. The summed E-state index contributed by atoms with van der Waals surface area (Å²) < 4.78 is 31.3. The first kappa shape index (κ1) is 24.3. The Hall–Kier alpha value is -1.96. The molecule has 0 aliphatic carbocycles. The van der Waals surface area contributed by atoms with Crippen molar-refractivity contribution in [2.45, 2.75) is 39.3 Å². The molecular formula is C21H26Cl2N2O4S. The van der Waals surface area contributed by atoms with Crippen LogP contribution in [0.4, 0.5) is 5.69 Å². The van der Waals surface area contributed by atoms with E-state index in [9.17, 15) is 13.2 Å². The number of anilines is 1. The van der Waals surface area contributed by atoms with Crippen molar-refractivity contribution in [2.24, 2.45) is 0 Å². The Kier molecular flexibility index (Phi) is 8.02. The number of benzene rings is 2. The summed E-state index contributed by atoms with van der Waals surface area (Å²) in [6, 6.07) is 8.86. The zero-order chi connectivity index (χ0) is 22.6. The second-order valence-corrected chi connectivity index (χ2v) is 9.71. The van der Waals surface area contributed by atoms with Gasteiger partial charge < -0.3 is 10.1 Å². The number of rotatable bonds is 8. The highest BCUT2D eigenvalue weighted by Gasteiger charge is 2.30. The predicted octanol–water partition coefficient (Wildman–Crippen LogP) is 4.73. The highest BCUT2D eigenvalue weighted by Crippen LogP contribution is 2.30. The van der Waals surface area contributed by atoms with Crippen molar-refractivity contribution in [3.8, 4) is 5.75 Å². The van der Waals surface area contributed by atoms with Crippen molar-refractivity contribution < 1.29 is 17.9 Å². The molecule has 0 aromatic heterocycles. The van der Waals surface area contributed by atoms with Crippen LogP contribution in [0.3, 0.4) is 0 Å². The topological polar surface area (TPSA) is 75.7 Å². The number of nitrogens with zero attached hydrogens (tertiary/aromatic N) is 1. The number of amides is 1. The molecule has 6 nitrogen and oxygen atoms in total. The number of hydrogen-bond acceptors (Lipinski definition) is 4. The van der Waals surface area contributed by atoms with Crippen LogP contribution in [0.1, 0.15) is 37.4 Å². The standard InChI is InChI=1S/C21H26Cl2N2O4S/c1-6-19(15-7-10-20(29-4)13(2)11-15)24-21(26)14(3)25(30(5,27)28)16-8-9-17(22)18(23)12-16/h7-12,14,19H,6H2,1-5H3,(H,24,26)/t14-,19+/m1/s1. The molecule has 2 aromatic rings. The van der Waals surface area contributed by atoms with Crippen LogP contribution in [0.15, 0.2) is 36.4 Å². The first-order valence-electron chi connectivity index (χ1n) is 9.39. The average Bonchev–Trinajstić information content (AvgIpc) is 2.67. The predicted molar refractivity (Wildman–Crippen MR) is 122 cm³/mol. The van der Waals surface area contributed by atoms with Gasteiger partial charge in [0.2, 0.25) is 15.9 Å². The smallest absolute Gasteiger partial charge is 0.244 e. The number of ether oxygens (including phenoxy) is 1. The van der Waals surface area contributed by atoms with E-state index in [0.29, 0.717) is 11.4 Å². The quantitative estimate of drug-likeness (QED) is 0.602. The molecule has 30 heavy (non-hydrogen) atoms. The summed E-state index contributed by atoms with van der Waals surface area (Å²) >= 11 is 12.0. The number of methoxy groups -OCH3 is 1. The molecule has 0 saturated heterocycles. The molecule has 0 saturated carbocycles. The molecule has 0 unspecified atom stereocenters. The first-order valence-corrected chi connectivity index (χ1v) is 12.0. The summed E-state index contributed by atoms with van der Waals surface area (Å²) in [5.41, 5.74) is 2.13. The van der Waals surface area contributed by atoms with E-state index in [0.717, 1.165) is 27.4 Å². The Morgan fingerprint density at radius 3 is 2.33 bits per heavy atom. The van der Waals surface area contributed by atoms with E-state index in [1.807, 2.05) is 32.0 Å². The van der Waals surface area contributed by atoms with E-state index in [1.165, 1.54) is 25.1 Å². The lowest BCUT2D eigenvalue weighted by molar-refractivity contribution is -0.122. The van der Waals surface area contributed by atoms with Gasteiger partial charge in [0, 0.05) is 0 Å². The molecule has 0 heterocycles. The normalized spacial score (nSPS) is 13.4. The number of hydrogen-bond donors (Lipinski definition) is 1. The number of carbonyl (C=O) groups excluding carboxylic acids is 1. The fourth-order valence-electron chi connectivity index (χ4n) is 3.26. The molecular weight excluding hydrogens is 447 g/mol. The molecule has 1 amide bonds. The Labute approximate surface area is 188 Å². The highest BCUT2D eigenvalue weighted by atomic mass is 35.5. The lowest BCUT2D eigenvalue weighted by Crippen LogP contribution is -2.48. The van der Waals surface area contributed by atoms with E-state index in [4.69, 9.17) is 27.9 Å². The van der Waals surface area contributed by atoms with Crippen LogP contribution in [-0.2, 0) is 14.8 Å². The minimum Gasteiger partial charge on any atom is -0.496 e. The van der Waals surface area contributed by atoms with Gasteiger partial charge in [-0.3, -0.25) is 9.10 Å². The first-order chi connectivity index (χ1) is 14.0. The van der Waals surface area contributed by atoms with Gasteiger partial charge in [-0.2, -0.15) is 0 Å². The highest BCUT2D eigenvalue weighted by molar-refractivity contribution is 7.92. The van der Waals surface area contributed by atoms with Crippen LogP contribution in [0.2, 0.25) is 10.0 Å². The molecule has 2 rings (SSSR count). The van der Waals surface area contributed by atoms with Crippen LogP contribution in [0, 0.1) is 6.92 Å². The summed E-state index contributed by atoms with van der Waals surface area (Å²) in [5.74, 6) is 0.336. The van der Waals surface area contributed by atoms with Gasteiger partial charge in [-0.15, -0.1) is 0 Å². The summed E-state index contributed by atoms with van der Waals surface area (Å²) in [7, 11) is -2.16. The minimum atomic E-state index is -3.76. The molecule has 0 spiro atoms. The molecule has 0 radical (unpaired) electrons. The van der Waals surface area contributed by atoms with Crippen LogP contribution in [-0.4, -0.2) is 33.7 Å². The molecule has 1 N–H and O–H groups in total. The number of carbonyl (C=O) groups is 1. The van der Waals surface area contributed by atoms with Gasteiger partial charge in [0.15, 0.2) is 0 Å². The monoisotopic (exact) mass is 472 g/mol. The molecule has 0 aliphatic rings. The lowest BCUT2D eigenvalue weighted by Gasteiger charge is -2.30. The molecule has 0 bridgehead atoms. The van der Waals surface area contributed by atoms with Gasteiger partial charge in [0.05, 0.1) is 35.1 Å². The molecule has 2 atom stereocenters. The van der Waals surface area contributed by atoms with E-state index in [1.54, 1.807) is 7.11 Å². The van der Waals surface area contributed by atoms with Gasteiger partial charge in [-0.1, -0.05) is 42.3 Å². The maximum absolute atomic E-state index is 13.0. The largest absolute Gasteiger partial charge is 0.496 e. The minimum absolute atomic E-state index is 0.204. The van der Waals surface area contributed by atoms with E-state index in [2.05, 4.69) is 5.32 Å². The van der Waals surface area contributed by atoms with Crippen molar-refractivity contribution in [3.05, 3.63) is 57.6 Å². The number of sulfonamides is 1. The van der Waals surface area contributed by atoms with Crippen molar-refractivity contribution in [1.82, 2.24) is 5.32 Å². The van der Waals surface area contributed by atoms with E-state index < -0.39 is 22.0 Å². The summed E-state index contributed by atoms with van der Waals surface area (Å²) in [4.78, 5) is 13.0. The van der Waals surface area contributed by atoms with Gasteiger partial charge in [-0.05, 0) is 55.7 Å². The van der Waals surface area contributed by atoms with Gasteiger partial charge in [0.1, 0.15) is 11.8 Å². The molecule has 164 valence electrons. The number of aryl methyl sites for hydroxylation is 1. The van der Waals surface area contributed by atoms with Crippen molar-refractivity contribution >= 4 is 44.8 Å². The molecule has 0 aliphatic heterocycles. The summed E-state index contributed by atoms with van der Waals surface area (Å²) in [6.45, 7) is 5.41. The maximum atomic E-state index is 13.0. The van der Waals surface area contributed by atoms with Gasteiger partial charge in [-0.25, -0.2) is 8.42 Å². The second kappa shape index (κ2) is 9.90. The molecule has 0 fully saturated rings. The number of nitrogens with one attached hydrogen (secondary N) is 1. The van der Waals surface area contributed by atoms with Crippen molar-refractivity contribution in [2.75, 3.05) is 17.7 Å². The maximum Gasteiger partial charge on any atom is 0.244 e. The third-order valence-corrected chi connectivity index (χ3v) is 6.77. The van der Waals surface area contributed by atoms with Crippen LogP contribution in [0.5, 0.6) is 5.75 Å². The SMILES string of the molecule is CC[C@H](NC(=O)[C@@H](C)N(c1ccc(Cl)c(Cl)c1)S(C)(=O)=O)c1ccc(OC)c(C)c1. The van der Waals surface area contributed by atoms with Gasteiger partial charge in [0.25, 0.3) is 0 Å². The summed E-state index contributed by atoms with van der Waals surface area (Å²) in [5, 5.41) is 3.45. The van der Waals surface area contributed by atoms with Gasteiger partial charge >= 0.3 is 0 Å². The fraction of sp³-hybridized carbons (Fsp3) is 0.381. The van der Waals surface area contributed by atoms with E-state index in [-0.39, 0.29) is 16.8 Å². The van der Waals surface area contributed by atoms with E-state index >= 15 is 0 Å². The fourth-order valence-corrected chi connectivity index (χ4v) is 4.72. The number of halogens is 2. The van der Waals surface area contributed by atoms with Crippen LogP contribution in [0.25, 0.3) is 0 Å². The summed E-state index contributed by atoms with van der Waals surface area (Å²) in [6.07, 6.45) is 1.68. The Bertz CT molecular complexity index is 1030. The molecule has 9 heteroatoms. The van der Waals surface area contributed by atoms with Crippen LogP contribution >= 0.6 is 23.2 Å². The average molecular weight is 473 g/mol. The van der Waals surface area contributed by atoms with Crippen molar-refractivity contribution in [1.29, 1.82) is 0 Å². The third kappa shape index (κ3) is 5.59. The van der Waals surface area contributed by atoms with Crippen molar-refractivity contribution in [3.63, 3.8) is 0 Å². The zero-order valence-electron chi connectivity index (χ0n) is 17.6. The van der Waals surface area contributed by atoms with Crippen LogP contribution < -0.4 is 14.4 Å². The molecule has 2 aromatic carbocycles. The third-order valence-electron chi connectivity index (χ3n) is 4.79. The second-order valence-electron chi connectivity index (χ2n) is 7.03. The zero-order valence-corrected chi connectivity index (χ0v) is 19.9. The Balaban J connectivity index is 2.31. The Morgan fingerprint density at radius 1 is 1.17 bits per heavy atom.